The SMILES string of the molecule is CSc1ccc(C)c(C(C)F)c1. The molecular weight excluding hydrogens is 171 g/mol. The summed E-state index contributed by atoms with van der Waals surface area (Å²) >= 11 is 1.64. The third-order valence-corrected chi connectivity index (χ3v) is 2.64. The standard InChI is InChI=1S/C10H13FS/c1-7-4-5-9(12-3)6-10(7)8(2)11/h4-6,8H,1-3H3. The van der Waals surface area contributed by atoms with Crippen LogP contribution in [-0.4, -0.2) is 6.26 Å². The Hall–Kier alpha value is -0.500. The van der Waals surface area contributed by atoms with Crippen molar-refractivity contribution in [3.63, 3.8) is 0 Å². The summed E-state index contributed by atoms with van der Waals surface area (Å²) in [5, 5.41) is 0. The van der Waals surface area contributed by atoms with E-state index in [1.807, 2.05) is 31.4 Å². The van der Waals surface area contributed by atoms with Crippen LogP contribution in [0, 0.1) is 6.92 Å². The van der Waals surface area contributed by atoms with Crippen molar-refractivity contribution in [3.8, 4) is 0 Å². The molecule has 1 aromatic carbocycles. The lowest BCUT2D eigenvalue weighted by atomic mass is 10.1. The second kappa shape index (κ2) is 3.94. The summed E-state index contributed by atoms with van der Waals surface area (Å²) < 4.78 is 13.0. The van der Waals surface area contributed by atoms with Gasteiger partial charge < -0.3 is 0 Å². The molecule has 66 valence electrons. The van der Waals surface area contributed by atoms with Gasteiger partial charge in [-0.3, -0.25) is 0 Å². The molecule has 0 N–H and O–H groups in total. The number of aryl methyl sites for hydroxylation is 1. The molecule has 0 aliphatic carbocycles. The summed E-state index contributed by atoms with van der Waals surface area (Å²) in [6, 6.07) is 5.91. The lowest BCUT2D eigenvalue weighted by Gasteiger charge is -2.07. The van der Waals surface area contributed by atoms with Crippen LogP contribution in [0.5, 0.6) is 0 Å². The van der Waals surface area contributed by atoms with Gasteiger partial charge in [0.25, 0.3) is 0 Å². The third kappa shape index (κ3) is 2.01. The maximum atomic E-state index is 13.0. The van der Waals surface area contributed by atoms with Gasteiger partial charge in [0.1, 0.15) is 6.17 Å². The Kier molecular flexibility index (Phi) is 3.15. The lowest BCUT2D eigenvalue weighted by molar-refractivity contribution is 0.372. The van der Waals surface area contributed by atoms with E-state index in [0.29, 0.717) is 0 Å². The van der Waals surface area contributed by atoms with E-state index in [9.17, 15) is 4.39 Å². The van der Waals surface area contributed by atoms with Gasteiger partial charge in [0.05, 0.1) is 0 Å². The van der Waals surface area contributed by atoms with Crippen LogP contribution in [-0.2, 0) is 0 Å². The molecule has 0 radical (unpaired) electrons. The van der Waals surface area contributed by atoms with E-state index in [1.54, 1.807) is 18.7 Å². The average Bonchev–Trinajstić information content (AvgIpc) is 2.05. The normalized spacial score (nSPS) is 13.0. The first-order valence-corrected chi connectivity index (χ1v) is 5.16. The molecule has 0 saturated heterocycles. The predicted octanol–water partition coefficient (Wildman–Crippen LogP) is 3.75. The molecule has 0 saturated carbocycles. The van der Waals surface area contributed by atoms with Crippen LogP contribution in [0.3, 0.4) is 0 Å². The highest BCUT2D eigenvalue weighted by molar-refractivity contribution is 7.98. The van der Waals surface area contributed by atoms with Gasteiger partial charge in [-0.2, -0.15) is 0 Å². The van der Waals surface area contributed by atoms with Gasteiger partial charge in [0.2, 0.25) is 0 Å². The Morgan fingerprint density at radius 3 is 2.58 bits per heavy atom. The Labute approximate surface area is 77.2 Å². The Morgan fingerprint density at radius 1 is 1.42 bits per heavy atom. The van der Waals surface area contributed by atoms with E-state index in [-0.39, 0.29) is 0 Å². The minimum absolute atomic E-state index is 0.807. The summed E-state index contributed by atoms with van der Waals surface area (Å²) in [7, 11) is 0. The molecule has 1 rings (SSSR count). The van der Waals surface area contributed by atoms with Gasteiger partial charge in [-0.1, -0.05) is 6.07 Å². The number of alkyl halides is 1. The zero-order chi connectivity index (χ0) is 9.14. The number of hydrogen-bond acceptors (Lipinski definition) is 1. The van der Waals surface area contributed by atoms with Crippen molar-refractivity contribution in [1.82, 2.24) is 0 Å². The molecule has 0 spiro atoms. The molecule has 0 fully saturated rings. The second-order valence-corrected chi connectivity index (χ2v) is 3.72. The van der Waals surface area contributed by atoms with E-state index >= 15 is 0 Å². The number of hydrogen-bond donors (Lipinski definition) is 0. The first-order chi connectivity index (χ1) is 5.65. The minimum Gasteiger partial charge on any atom is -0.243 e. The molecule has 2 heteroatoms. The number of rotatable bonds is 2. The molecule has 1 unspecified atom stereocenters. The predicted molar refractivity (Wildman–Crippen MR) is 52.5 cm³/mol. The van der Waals surface area contributed by atoms with Crippen molar-refractivity contribution in [2.45, 2.75) is 24.9 Å². The Balaban J connectivity index is 3.08. The number of thioether (sulfide) groups is 1. The maximum absolute atomic E-state index is 13.0. The molecule has 0 aliphatic heterocycles. The monoisotopic (exact) mass is 184 g/mol. The van der Waals surface area contributed by atoms with Crippen molar-refractivity contribution in [2.24, 2.45) is 0 Å². The van der Waals surface area contributed by atoms with Crippen molar-refractivity contribution in [3.05, 3.63) is 29.3 Å². The largest absolute Gasteiger partial charge is 0.243 e. The summed E-state index contributed by atoms with van der Waals surface area (Å²) in [5.41, 5.74) is 1.84. The van der Waals surface area contributed by atoms with Crippen LogP contribution in [0.15, 0.2) is 23.1 Å². The van der Waals surface area contributed by atoms with Gasteiger partial charge in [-0.25, -0.2) is 4.39 Å². The van der Waals surface area contributed by atoms with E-state index in [0.717, 1.165) is 16.0 Å². The fourth-order valence-electron chi connectivity index (χ4n) is 1.17. The zero-order valence-electron chi connectivity index (χ0n) is 7.60. The summed E-state index contributed by atoms with van der Waals surface area (Å²) in [6.45, 7) is 3.52. The van der Waals surface area contributed by atoms with Crippen molar-refractivity contribution < 1.29 is 4.39 Å². The Morgan fingerprint density at radius 2 is 2.08 bits per heavy atom. The van der Waals surface area contributed by atoms with Gasteiger partial charge in [-0.05, 0) is 43.4 Å². The minimum atomic E-state index is -0.864. The smallest absolute Gasteiger partial charge is 0.123 e. The lowest BCUT2D eigenvalue weighted by Crippen LogP contribution is -1.90. The van der Waals surface area contributed by atoms with E-state index < -0.39 is 6.17 Å². The highest BCUT2D eigenvalue weighted by Crippen LogP contribution is 2.25. The number of benzene rings is 1. The van der Waals surface area contributed by atoms with E-state index in [4.69, 9.17) is 0 Å². The topological polar surface area (TPSA) is 0 Å². The molecule has 1 aromatic rings. The van der Waals surface area contributed by atoms with Crippen LogP contribution in [0.1, 0.15) is 24.2 Å². The maximum Gasteiger partial charge on any atom is 0.123 e. The molecule has 0 amide bonds. The summed E-state index contributed by atoms with van der Waals surface area (Å²) in [5.74, 6) is 0. The zero-order valence-corrected chi connectivity index (χ0v) is 8.41. The molecule has 0 nitrogen and oxygen atoms in total. The van der Waals surface area contributed by atoms with Crippen LogP contribution >= 0.6 is 11.8 Å². The highest BCUT2D eigenvalue weighted by atomic mass is 32.2. The molecular formula is C10H13FS. The average molecular weight is 184 g/mol. The van der Waals surface area contributed by atoms with Gasteiger partial charge in [-0.15, -0.1) is 11.8 Å². The van der Waals surface area contributed by atoms with Gasteiger partial charge in [0, 0.05) is 4.90 Å². The molecule has 1 atom stereocenters. The van der Waals surface area contributed by atoms with Crippen LogP contribution in [0.4, 0.5) is 4.39 Å². The highest BCUT2D eigenvalue weighted by Gasteiger charge is 2.06. The molecule has 0 heterocycles. The Bertz CT molecular complexity index is 269. The van der Waals surface area contributed by atoms with Crippen molar-refractivity contribution >= 4 is 11.8 Å². The van der Waals surface area contributed by atoms with Crippen LogP contribution in [0.2, 0.25) is 0 Å². The third-order valence-electron chi connectivity index (χ3n) is 1.91. The molecule has 0 aliphatic rings. The fourth-order valence-corrected chi connectivity index (χ4v) is 1.62. The summed E-state index contributed by atoms with van der Waals surface area (Å²) in [6.07, 6.45) is 1.13. The van der Waals surface area contributed by atoms with E-state index in [2.05, 4.69) is 0 Å². The fraction of sp³-hybridized carbons (Fsp3) is 0.400. The quantitative estimate of drug-likeness (QED) is 0.631. The summed E-state index contributed by atoms with van der Waals surface area (Å²) in [4.78, 5) is 1.13. The van der Waals surface area contributed by atoms with Gasteiger partial charge in [0.15, 0.2) is 0 Å². The molecule has 12 heavy (non-hydrogen) atoms. The van der Waals surface area contributed by atoms with Gasteiger partial charge >= 0.3 is 0 Å². The van der Waals surface area contributed by atoms with Crippen molar-refractivity contribution in [2.75, 3.05) is 6.26 Å². The molecule has 0 aromatic heterocycles. The first kappa shape index (κ1) is 9.59. The second-order valence-electron chi connectivity index (χ2n) is 2.84. The first-order valence-electron chi connectivity index (χ1n) is 3.93. The van der Waals surface area contributed by atoms with E-state index in [1.165, 1.54) is 0 Å². The van der Waals surface area contributed by atoms with Crippen LogP contribution < -0.4 is 0 Å². The van der Waals surface area contributed by atoms with Crippen LogP contribution in [0.25, 0.3) is 0 Å². The number of halogens is 1. The molecule has 0 bridgehead atoms. The van der Waals surface area contributed by atoms with Crippen molar-refractivity contribution in [1.29, 1.82) is 0 Å².